The first-order chi connectivity index (χ1) is 37.2. The molecule has 0 unspecified atom stereocenters. The maximum atomic E-state index is 6.29. The minimum Gasteiger partial charge on any atom is -0.496 e. The van der Waals surface area contributed by atoms with E-state index in [-0.39, 0.29) is 74.3 Å². The van der Waals surface area contributed by atoms with Gasteiger partial charge in [0.2, 0.25) is 0 Å². The van der Waals surface area contributed by atoms with Crippen LogP contribution >= 0.6 is 0 Å². The third kappa shape index (κ3) is 13.0. The lowest BCUT2D eigenvalue weighted by atomic mass is 9.90. The predicted octanol–water partition coefficient (Wildman–Crippen LogP) is 3.03. The van der Waals surface area contributed by atoms with Crippen molar-refractivity contribution in [3.05, 3.63) is 140 Å². The zero-order chi connectivity index (χ0) is 56.5. The Bertz CT molecular complexity index is 2730. The van der Waals surface area contributed by atoms with E-state index >= 15 is 0 Å². The van der Waals surface area contributed by atoms with Crippen LogP contribution in [0.2, 0.25) is 0 Å². The lowest BCUT2D eigenvalue weighted by Crippen LogP contribution is -2.22. The summed E-state index contributed by atoms with van der Waals surface area (Å²) in [5.74, 6) is 1.96. The first-order valence-corrected chi connectivity index (χ1v) is 24.0. The maximum Gasteiger partial charge on any atom is 0.191 e. The average molecular weight is 1060 g/mol. The highest BCUT2D eigenvalue weighted by Gasteiger charge is 2.25. The van der Waals surface area contributed by atoms with Gasteiger partial charge in [-0.05, 0) is 72.8 Å². The van der Waals surface area contributed by atoms with Gasteiger partial charge in [0.15, 0.2) is 35.8 Å². The number of guanidine groups is 6. The standard InChI is InChI=1S/C54H66N18O6/c1-73-43-25-7-27-15-38(68-50(57)58)17-29(44(27)74-2)9-31-19-40(70-52(61)62)21-33(46(31)76-4)11-35-23-42(72-54(65)66)24-36(48(35)78-6)12-34-22-41(71-53(63)64)20-32(47(34)77-5)10-30-18-39(69-51(59)60)16-28(45(30)75-3)8-26(43)14-37(13-25)67-49(55)56/h13-24H,7-12H2,1-6H3,(H4,55,56,67)(H4,57,58,68)(H4,59,60,69)(H4,61,62,70)(H4,63,64,71)(H4,65,66,72). The van der Waals surface area contributed by atoms with Gasteiger partial charge in [0.25, 0.3) is 0 Å². The Morgan fingerprint density at radius 1 is 0.231 bits per heavy atom. The molecule has 24 heteroatoms. The van der Waals surface area contributed by atoms with Gasteiger partial charge < -0.3 is 97.2 Å². The molecule has 24 N–H and O–H groups in total. The number of aliphatic imine (C=N–C) groups is 6. The third-order valence-corrected chi connectivity index (χ3v) is 12.4. The van der Waals surface area contributed by atoms with Crippen LogP contribution in [-0.2, 0) is 38.5 Å². The normalized spacial score (nSPS) is 11.8. The van der Waals surface area contributed by atoms with Gasteiger partial charge in [0, 0.05) is 105 Å². The minimum atomic E-state index is -0.173. The van der Waals surface area contributed by atoms with Crippen LogP contribution in [0.25, 0.3) is 0 Å². The van der Waals surface area contributed by atoms with Crippen molar-refractivity contribution in [2.75, 3.05) is 42.7 Å². The van der Waals surface area contributed by atoms with Crippen LogP contribution in [0.1, 0.15) is 66.8 Å². The van der Waals surface area contributed by atoms with E-state index in [1.165, 1.54) is 0 Å². The molecule has 1 aliphatic carbocycles. The molecule has 0 saturated heterocycles. The Labute approximate surface area is 450 Å². The van der Waals surface area contributed by atoms with Gasteiger partial charge in [-0.25, -0.2) is 30.0 Å². The molecule has 0 atom stereocenters. The number of nitrogens with two attached hydrogens (primary N) is 12. The SMILES string of the molecule is COc1c2cc(N=C(N)N)cc1Cc1cc(N=C(N)N)cc(c1OC)Cc1cc(N=C(N)N)cc(c1OC)Cc1cc(N=C(N)N)cc(c1OC)Cc1cc(N=C(N)N)cc(c1OC)Cc1cc(N=C(N)N)cc(c1OC)C2. The Kier molecular flexibility index (Phi) is 17.0. The topological polar surface area (TPSA) is 442 Å². The monoisotopic (exact) mass is 1060 g/mol. The molecule has 12 bridgehead atoms. The Hall–Kier alpha value is -10.3. The van der Waals surface area contributed by atoms with Crippen molar-refractivity contribution in [2.45, 2.75) is 38.5 Å². The molecule has 0 aliphatic heterocycles. The van der Waals surface area contributed by atoms with Gasteiger partial charge in [-0.1, -0.05) is 0 Å². The molecule has 6 aromatic rings. The quantitative estimate of drug-likeness (QED) is 0.0618. The fourth-order valence-electron chi connectivity index (χ4n) is 10.1. The molecular formula is C54H66N18O6. The number of hydrogen-bond donors (Lipinski definition) is 12. The molecule has 0 aromatic heterocycles. The summed E-state index contributed by atoms with van der Waals surface area (Å²) in [6.45, 7) is 0. The van der Waals surface area contributed by atoms with Gasteiger partial charge >= 0.3 is 0 Å². The van der Waals surface area contributed by atoms with Gasteiger partial charge in [-0.2, -0.15) is 0 Å². The minimum absolute atomic E-state index is 0.173. The van der Waals surface area contributed by atoms with Crippen molar-refractivity contribution in [1.29, 1.82) is 0 Å². The van der Waals surface area contributed by atoms with Crippen LogP contribution < -0.4 is 97.2 Å². The highest BCUT2D eigenvalue weighted by molar-refractivity contribution is 5.83. The van der Waals surface area contributed by atoms with Gasteiger partial charge in [-0.15, -0.1) is 0 Å². The summed E-state index contributed by atoms with van der Waals surface area (Å²) in [5, 5.41) is 0. The third-order valence-electron chi connectivity index (χ3n) is 12.4. The number of methoxy groups -OCH3 is 6. The van der Waals surface area contributed by atoms with Crippen molar-refractivity contribution in [3.8, 4) is 34.5 Å². The van der Waals surface area contributed by atoms with Crippen LogP contribution in [0.4, 0.5) is 34.1 Å². The van der Waals surface area contributed by atoms with E-state index < -0.39 is 0 Å². The molecule has 78 heavy (non-hydrogen) atoms. The molecule has 0 fully saturated rings. The lowest BCUT2D eigenvalue weighted by Gasteiger charge is -2.22. The van der Waals surface area contributed by atoms with Gasteiger partial charge in [0.05, 0.1) is 76.8 Å². The van der Waals surface area contributed by atoms with Crippen molar-refractivity contribution in [1.82, 2.24) is 0 Å². The number of nitrogens with zero attached hydrogens (tertiary/aromatic N) is 6. The molecule has 0 saturated carbocycles. The van der Waals surface area contributed by atoms with Crippen LogP contribution in [0.3, 0.4) is 0 Å². The first-order valence-electron chi connectivity index (χ1n) is 24.0. The predicted molar refractivity (Wildman–Crippen MR) is 308 cm³/mol. The summed E-state index contributed by atoms with van der Waals surface area (Å²) in [6.07, 6.45) is 1.10. The van der Waals surface area contributed by atoms with Gasteiger partial charge in [0.1, 0.15) is 34.5 Å². The summed E-state index contributed by atoms with van der Waals surface area (Å²) in [7, 11) is 9.43. The molecule has 7 rings (SSSR count). The number of fused-ring (bicyclic) bond motifs is 12. The molecular weight excluding hydrogens is 997 g/mol. The molecule has 0 amide bonds. The van der Waals surface area contributed by atoms with Crippen LogP contribution in [0.15, 0.2) is 103 Å². The van der Waals surface area contributed by atoms with Crippen molar-refractivity contribution >= 4 is 69.9 Å². The lowest BCUT2D eigenvalue weighted by molar-refractivity contribution is 0.396. The van der Waals surface area contributed by atoms with E-state index in [9.17, 15) is 0 Å². The highest BCUT2D eigenvalue weighted by atomic mass is 16.5. The van der Waals surface area contributed by atoms with E-state index in [2.05, 4.69) is 30.0 Å². The Morgan fingerprint density at radius 2 is 0.333 bits per heavy atom. The zero-order valence-electron chi connectivity index (χ0n) is 44.2. The fraction of sp³-hybridized carbons (Fsp3) is 0.222. The molecule has 1 aliphatic rings. The van der Waals surface area contributed by atoms with Crippen molar-refractivity contribution < 1.29 is 28.4 Å². The fourth-order valence-corrected chi connectivity index (χ4v) is 10.1. The van der Waals surface area contributed by atoms with Gasteiger partial charge in [-0.3, -0.25) is 0 Å². The second-order valence-corrected chi connectivity index (χ2v) is 18.1. The Morgan fingerprint density at radius 3 is 0.410 bits per heavy atom. The molecule has 24 nitrogen and oxygen atoms in total. The van der Waals surface area contributed by atoms with Crippen LogP contribution in [0, 0.1) is 0 Å². The van der Waals surface area contributed by atoms with E-state index in [0.717, 1.165) is 0 Å². The van der Waals surface area contributed by atoms with Crippen molar-refractivity contribution in [3.63, 3.8) is 0 Å². The second-order valence-electron chi connectivity index (χ2n) is 18.1. The smallest absolute Gasteiger partial charge is 0.191 e. The number of ether oxygens (including phenoxy) is 6. The maximum absolute atomic E-state index is 6.29. The molecule has 0 spiro atoms. The largest absolute Gasteiger partial charge is 0.496 e. The number of benzene rings is 6. The number of hydrogen-bond acceptors (Lipinski definition) is 12. The average Bonchev–Trinajstić information content (AvgIpc) is 3.35. The summed E-state index contributed by atoms with van der Waals surface area (Å²) < 4.78 is 37.8. The summed E-state index contributed by atoms with van der Waals surface area (Å²) in [5.41, 5.74) is 82.9. The van der Waals surface area contributed by atoms with E-state index in [1.807, 2.05) is 72.8 Å². The summed E-state index contributed by atoms with van der Waals surface area (Å²) >= 11 is 0. The highest BCUT2D eigenvalue weighted by Crippen LogP contribution is 2.45. The Balaban J connectivity index is 1.64. The number of rotatable bonds is 12. The van der Waals surface area contributed by atoms with E-state index in [0.29, 0.717) is 135 Å². The first kappa shape index (κ1) is 55.5. The molecule has 0 heterocycles. The summed E-state index contributed by atoms with van der Waals surface area (Å²) in [6, 6.07) is 21.8. The zero-order valence-corrected chi connectivity index (χ0v) is 44.2. The van der Waals surface area contributed by atoms with E-state index in [1.54, 1.807) is 42.7 Å². The summed E-state index contributed by atoms with van der Waals surface area (Å²) in [4.78, 5) is 27.0. The molecule has 6 aromatic carbocycles. The second kappa shape index (κ2) is 24.0. The van der Waals surface area contributed by atoms with E-state index in [4.69, 9.17) is 97.2 Å². The molecule has 0 radical (unpaired) electrons. The van der Waals surface area contributed by atoms with Crippen LogP contribution in [-0.4, -0.2) is 78.4 Å². The molecule has 408 valence electrons. The van der Waals surface area contributed by atoms with Crippen molar-refractivity contribution in [2.24, 2.45) is 98.8 Å². The van der Waals surface area contributed by atoms with Crippen LogP contribution in [0.5, 0.6) is 34.5 Å².